The average Bonchev–Trinajstić information content (AvgIpc) is 3.25. The molecule has 2 aliphatic rings. The van der Waals surface area contributed by atoms with Crippen LogP contribution in [-0.4, -0.2) is 67.6 Å². The number of ether oxygens (including phenoxy) is 3. The number of rotatable bonds is 10. The van der Waals surface area contributed by atoms with Crippen molar-refractivity contribution in [2.24, 2.45) is 0 Å². The van der Waals surface area contributed by atoms with Crippen LogP contribution in [0.15, 0.2) is 60.7 Å². The molecule has 2 fully saturated rings. The van der Waals surface area contributed by atoms with Gasteiger partial charge in [-0.1, -0.05) is 24.3 Å². The fraction of sp³-hybridized carbons (Fsp3) is 0.429. The fourth-order valence-corrected chi connectivity index (χ4v) is 6.30. The first kappa shape index (κ1) is 31.5. The predicted molar refractivity (Wildman–Crippen MR) is 168 cm³/mol. The Morgan fingerprint density at radius 3 is 2.09 bits per heavy atom. The third-order valence-corrected chi connectivity index (χ3v) is 9.04. The topological polar surface area (TPSA) is 85.3 Å². The van der Waals surface area contributed by atoms with Gasteiger partial charge in [0.05, 0.1) is 31.2 Å². The van der Waals surface area contributed by atoms with Gasteiger partial charge in [-0.2, -0.15) is 9.28 Å². The first-order valence-corrected chi connectivity index (χ1v) is 15.2. The Morgan fingerprint density at radius 1 is 1.00 bits per heavy atom. The third-order valence-electron chi connectivity index (χ3n) is 9.04. The molecule has 0 bridgehead atoms. The van der Waals surface area contributed by atoms with Crippen molar-refractivity contribution in [3.8, 4) is 22.6 Å². The van der Waals surface area contributed by atoms with Crippen molar-refractivity contribution in [2.45, 2.75) is 58.1 Å². The largest absolute Gasteiger partial charge is 0.521 e. The van der Waals surface area contributed by atoms with E-state index in [1.807, 2.05) is 45.2 Å². The number of carbonyl (C=O) groups is 2. The zero-order chi connectivity index (χ0) is 31.7. The van der Waals surface area contributed by atoms with Gasteiger partial charge in [-0.05, 0) is 68.7 Å². The second kappa shape index (κ2) is 12.2. The summed E-state index contributed by atoms with van der Waals surface area (Å²) < 4.78 is 31.9. The Hall–Kier alpha value is -3.95. The van der Waals surface area contributed by atoms with Crippen LogP contribution in [-0.2, 0) is 21.5 Å². The third kappa shape index (κ3) is 6.03. The van der Waals surface area contributed by atoms with E-state index in [-0.39, 0.29) is 16.4 Å². The molecule has 3 aromatic carbocycles. The summed E-state index contributed by atoms with van der Waals surface area (Å²) in [6, 6.07) is 17.7. The SMILES string of the molecule is CCOc1cc(CN2CCC3(CC2)C[N+](C)(c2ccc(C(C)(C)C(=O)O)cc2)C(=O)O3)cc(OCC)c1-c1ccc(F)cc1. The van der Waals surface area contributed by atoms with Crippen LogP contribution < -0.4 is 14.0 Å². The summed E-state index contributed by atoms with van der Waals surface area (Å²) in [4.78, 5) is 27.3. The number of likely N-dealkylation sites (tertiary alicyclic amines) is 1. The zero-order valence-corrected chi connectivity index (χ0v) is 26.2. The first-order valence-electron chi connectivity index (χ1n) is 15.2. The summed E-state index contributed by atoms with van der Waals surface area (Å²) in [6.45, 7) is 10.9. The van der Waals surface area contributed by atoms with Crippen molar-refractivity contribution in [3.05, 3.63) is 77.6 Å². The molecular weight excluding hydrogens is 563 g/mol. The quantitative estimate of drug-likeness (QED) is 0.255. The molecule has 1 amide bonds. The van der Waals surface area contributed by atoms with Crippen LogP contribution in [0, 0.1) is 5.82 Å². The average molecular weight is 606 g/mol. The lowest BCUT2D eigenvalue weighted by Gasteiger charge is -2.36. The molecule has 8 nitrogen and oxygen atoms in total. The fourth-order valence-electron chi connectivity index (χ4n) is 6.30. The molecule has 5 rings (SSSR count). The molecule has 0 radical (unpaired) electrons. The highest BCUT2D eigenvalue weighted by Gasteiger charge is 2.57. The molecule has 0 aliphatic carbocycles. The highest BCUT2D eigenvalue weighted by Crippen LogP contribution is 2.43. The predicted octanol–water partition coefficient (Wildman–Crippen LogP) is 6.77. The Morgan fingerprint density at radius 2 is 1.57 bits per heavy atom. The second-order valence-electron chi connectivity index (χ2n) is 12.5. The Kier molecular flexibility index (Phi) is 8.73. The molecule has 2 saturated heterocycles. The van der Waals surface area contributed by atoms with E-state index in [0.717, 1.165) is 35.5 Å². The number of likely N-dealkylation sites (N-methyl/N-ethyl adjacent to an activating group) is 1. The summed E-state index contributed by atoms with van der Waals surface area (Å²) in [5.74, 6) is 0.200. The molecule has 1 spiro atoms. The summed E-state index contributed by atoms with van der Waals surface area (Å²) in [5, 5.41) is 9.59. The number of carboxylic acid groups (broad SMARTS) is 1. The number of carbonyl (C=O) groups excluding carboxylic acids is 1. The van der Waals surface area contributed by atoms with Crippen LogP contribution in [0.1, 0.15) is 51.7 Å². The molecule has 234 valence electrons. The molecule has 1 unspecified atom stereocenters. The summed E-state index contributed by atoms with van der Waals surface area (Å²) in [6.07, 6.45) is 1.13. The normalized spacial score (nSPS) is 20.0. The molecular formula is C35H42FN2O6+. The van der Waals surface area contributed by atoms with Gasteiger partial charge in [-0.3, -0.25) is 9.69 Å². The van der Waals surface area contributed by atoms with Crippen LogP contribution in [0.4, 0.5) is 14.9 Å². The second-order valence-corrected chi connectivity index (χ2v) is 12.5. The number of halogens is 1. The molecule has 1 atom stereocenters. The smallest absolute Gasteiger partial charge is 0.493 e. The van der Waals surface area contributed by atoms with E-state index >= 15 is 0 Å². The number of aliphatic carboxylic acids is 1. The van der Waals surface area contributed by atoms with Gasteiger partial charge >= 0.3 is 12.1 Å². The molecule has 1 N–H and O–H groups in total. The lowest BCUT2D eigenvalue weighted by Crippen LogP contribution is -2.51. The van der Waals surface area contributed by atoms with Crippen LogP contribution in [0.3, 0.4) is 0 Å². The van der Waals surface area contributed by atoms with E-state index in [0.29, 0.717) is 56.2 Å². The van der Waals surface area contributed by atoms with Gasteiger partial charge in [0, 0.05) is 44.6 Å². The van der Waals surface area contributed by atoms with Gasteiger partial charge < -0.3 is 19.3 Å². The lowest BCUT2D eigenvalue weighted by molar-refractivity contribution is -0.142. The minimum absolute atomic E-state index is 0.0219. The monoisotopic (exact) mass is 605 g/mol. The van der Waals surface area contributed by atoms with Gasteiger partial charge in [0.25, 0.3) is 0 Å². The minimum Gasteiger partial charge on any atom is -0.493 e. The first-order chi connectivity index (χ1) is 20.9. The van der Waals surface area contributed by atoms with Crippen molar-refractivity contribution in [3.63, 3.8) is 0 Å². The van der Waals surface area contributed by atoms with Gasteiger partial charge in [-0.25, -0.2) is 4.39 Å². The van der Waals surface area contributed by atoms with E-state index in [1.54, 1.807) is 38.1 Å². The highest BCUT2D eigenvalue weighted by atomic mass is 19.1. The number of carboxylic acids is 1. The molecule has 2 aliphatic heterocycles. The molecule has 0 saturated carbocycles. The molecule has 3 aromatic rings. The number of benzene rings is 3. The Balaban J connectivity index is 1.30. The van der Waals surface area contributed by atoms with Crippen molar-refractivity contribution in [1.82, 2.24) is 9.38 Å². The van der Waals surface area contributed by atoms with E-state index in [4.69, 9.17) is 14.2 Å². The summed E-state index contributed by atoms with van der Waals surface area (Å²) >= 11 is 0. The van der Waals surface area contributed by atoms with Gasteiger partial charge in [-0.15, -0.1) is 0 Å². The maximum Gasteiger partial charge on any atom is 0.521 e. The van der Waals surface area contributed by atoms with Gasteiger partial charge in [0.1, 0.15) is 29.5 Å². The number of hydrogen-bond donors (Lipinski definition) is 1. The lowest BCUT2D eigenvalue weighted by atomic mass is 9.84. The Bertz CT molecular complexity index is 1490. The number of hydrogen-bond acceptors (Lipinski definition) is 6. The van der Waals surface area contributed by atoms with E-state index in [1.165, 1.54) is 12.1 Å². The van der Waals surface area contributed by atoms with Gasteiger partial charge in [0.15, 0.2) is 5.60 Å². The molecule has 44 heavy (non-hydrogen) atoms. The maximum absolute atomic E-state index is 13.6. The van der Waals surface area contributed by atoms with Crippen LogP contribution in [0.25, 0.3) is 11.1 Å². The van der Waals surface area contributed by atoms with E-state index < -0.39 is 17.0 Å². The zero-order valence-electron chi connectivity index (χ0n) is 26.2. The summed E-state index contributed by atoms with van der Waals surface area (Å²) in [7, 11) is 1.87. The van der Waals surface area contributed by atoms with Crippen molar-refractivity contribution in [1.29, 1.82) is 0 Å². The summed E-state index contributed by atoms with van der Waals surface area (Å²) in [5.41, 5.74) is 2.57. The standard InChI is InChI=1S/C35H41FN2O6/c1-6-42-29-20-24(21-30(43-7-2)31(29)25-8-12-27(36)13-9-25)22-37-18-16-35(17-19-37)23-38(5,33(41)44-35)28-14-10-26(11-15-28)34(3,4)32(39)40/h8-15,20-21H,6-7,16-19,22-23H2,1-5H3/p+1. The van der Waals surface area contributed by atoms with Crippen molar-refractivity contribution < 1.29 is 33.3 Å². The number of amides is 1. The van der Waals surface area contributed by atoms with Crippen molar-refractivity contribution in [2.75, 3.05) is 39.9 Å². The molecule has 2 heterocycles. The molecule has 0 aromatic heterocycles. The molecule has 9 heteroatoms. The minimum atomic E-state index is -1.02. The number of piperidine rings is 1. The van der Waals surface area contributed by atoms with Crippen molar-refractivity contribution >= 4 is 17.7 Å². The van der Waals surface area contributed by atoms with E-state index in [9.17, 15) is 19.1 Å². The van der Waals surface area contributed by atoms with Crippen LogP contribution in [0.5, 0.6) is 11.5 Å². The van der Waals surface area contributed by atoms with Crippen LogP contribution in [0.2, 0.25) is 0 Å². The Labute approximate surface area is 258 Å². The number of quaternary nitrogens is 1. The highest BCUT2D eigenvalue weighted by molar-refractivity contribution is 5.85. The van der Waals surface area contributed by atoms with Gasteiger partial charge in [0.2, 0.25) is 0 Å². The maximum atomic E-state index is 13.6. The number of nitrogens with zero attached hydrogens (tertiary/aromatic N) is 2. The van der Waals surface area contributed by atoms with Crippen LogP contribution >= 0.6 is 0 Å². The van der Waals surface area contributed by atoms with E-state index in [2.05, 4.69) is 4.90 Å².